The minimum Gasteiger partial charge on any atom is -0.353 e. The molecular formula is C23H52N2O. The Hall–Kier alpha value is -1.09. The van der Waals surface area contributed by atoms with Gasteiger partial charge in [-0.3, -0.25) is 4.79 Å². The summed E-state index contributed by atoms with van der Waals surface area (Å²) in [5.41, 5.74) is 1.36. The van der Waals surface area contributed by atoms with Crippen molar-refractivity contribution in [2.45, 2.75) is 107 Å². The van der Waals surface area contributed by atoms with Crippen molar-refractivity contribution in [3.05, 3.63) is 23.8 Å². The largest absolute Gasteiger partial charge is 0.353 e. The molecule has 1 atom stereocenters. The molecule has 0 aromatic rings. The summed E-state index contributed by atoms with van der Waals surface area (Å²) in [6, 6.07) is 0.293. The molecule has 1 aliphatic rings. The van der Waals surface area contributed by atoms with Gasteiger partial charge in [-0.15, -0.1) is 0 Å². The first-order chi connectivity index (χ1) is 12.5. The van der Waals surface area contributed by atoms with E-state index in [4.69, 9.17) is 0 Å². The summed E-state index contributed by atoms with van der Waals surface area (Å²) in [5, 5.41) is 5.71. The number of hydrogen-bond acceptors (Lipinski definition) is 2. The molecular weight excluding hydrogens is 320 g/mol. The minimum atomic E-state index is 0.0669. The topological polar surface area (TPSA) is 41.1 Å². The van der Waals surface area contributed by atoms with Crippen molar-refractivity contribution >= 4 is 5.91 Å². The Balaban J connectivity index is -0.000000103. The summed E-state index contributed by atoms with van der Waals surface area (Å²) in [4.78, 5) is 10.9. The van der Waals surface area contributed by atoms with E-state index < -0.39 is 0 Å². The van der Waals surface area contributed by atoms with Crippen LogP contribution in [0.2, 0.25) is 0 Å². The number of hydrogen-bond donors (Lipinski definition) is 2. The lowest BCUT2D eigenvalue weighted by atomic mass is 9.99. The molecule has 0 heterocycles. The van der Waals surface area contributed by atoms with Gasteiger partial charge in [0.15, 0.2) is 0 Å². The van der Waals surface area contributed by atoms with Gasteiger partial charge in [0.05, 0.1) is 0 Å². The van der Waals surface area contributed by atoms with E-state index in [1.165, 1.54) is 12.0 Å². The highest BCUT2D eigenvalue weighted by Crippen LogP contribution is 2.16. The van der Waals surface area contributed by atoms with Crippen LogP contribution in [0.3, 0.4) is 0 Å². The second kappa shape index (κ2) is 39.1. The lowest BCUT2D eigenvalue weighted by molar-refractivity contribution is -0.119. The zero-order valence-corrected chi connectivity index (χ0v) is 20.3. The summed E-state index contributed by atoms with van der Waals surface area (Å²) < 4.78 is 0. The molecule has 0 fully saturated rings. The van der Waals surface area contributed by atoms with Crippen molar-refractivity contribution in [2.24, 2.45) is 0 Å². The minimum absolute atomic E-state index is 0.0669. The number of nitrogens with one attached hydrogen (secondary N) is 2. The Kier molecular flexibility index (Phi) is 54.1. The van der Waals surface area contributed by atoms with Crippen LogP contribution in [-0.4, -0.2) is 26.0 Å². The van der Waals surface area contributed by atoms with Crippen LogP contribution in [0.25, 0.3) is 0 Å². The lowest BCUT2D eigenvalue weighted by Gasteiger charge is -2.17. The molecule has 0 aliphatic heterocycles. The molecule has 3 heteroatoms. The maximum absolute atomic E-state index is 10.9. The van der Waals surface area contributed by atoms with Crippen molar-refractivity contribution < 1.29 is 4.79 Å². The summed E-state index contributed by atoms with van der Waals surface area (Å²) in [5.74, 6) is 0.0669. The predicted molar refractivity (Wildman–Crippen MR) is 124 cm³/mol. The average Bonchev–Trinajstić information content (AvgIpc) is 2.68. The van der Waals surface area contributed by atoms with Crippen molar-refractivity contribution in [3.63, 3.8) is 0 Å². The van der Waals surface area contributed by atoms with E-state index in [0.717, 1.165) is 25.7 Å². The molecule has 3 nitrogen and oxygen atoms in total. The summed E-state index contributed by atoms with van der Waals surface area (Å²) in [6.07, 6.45) is 12.1. The fourth-order valence-corrected chi connectivity index (χ4v) is 1.69. The van der Waals surface area contributed by atoms with Gasteiger partial charge in [0.2, 0.25) is 5.91 Å². The molecule has 1 unspecified atom stereocenters. The standard InChI is InChI=1S/C12H19NO.C3H8.C2H7N.3C2H6/c1-3-12(13-10(2)14)9-11-7-5-4-6-8-11;2*1-3-2;3*1-2/h5,7-8,12H,3-4,6,9H2,1-2H3,(H,13,14);3H2,1-2H3;3H,1-2H3;3*1-2H3. The normalized spacial score (nSPS) is 11.5. The van der Waals surface area contributed by atoms with Crippen LogP contribution in [0.5, 0.6) is 0 Å². The van der Waals surface area contributed by atoms with Crippen LogP contribution < -0.4 is 10.6 Å². The number of rotatable bonds is 4. The smallest absolute Gasteiger partial charge is 0.217 e. The molecule has 1 amide bonds. The van der Waals surface area contributed by atoms with E-state index in [1.807, 2.05) is 55.6 Å². The molecule has 0 radical (unpaired) electrons. The molecule has 26 heavy (non-hydrogen) atoms. The van der Waals surface area contributed by atoms with Crippen LogP contribution >= 0.6 is 0 Å². The summed E-state index contributed by atoms with van der Waals surface area (Å²) in [7, 11) is 3.75. The van der Waals surface area contributed by atoms with Gasteiger partial charge in [-0.05, 0) is 39.8 Å². The third-order valence-electron chi connectivity index (χ3n) is 2.45. The van der Waals surface area contributed by atoms with Crippen LogP contribution in [-0.2, 0) is 4.79 Å². The summed E-state index contributed by atoms with van der Waals surface area (Å²) >= 11 is 0. The molecule has 0 saturated carbocycles. The van der Waals surface area contributed by atoms with Gasteiger partial charge >= 0.3 is 0 Å². The number of carbonyl (C=O) groups is 1. The van der Waals surface area contributed by atoms with Gasteiger partial charge in [0, 0.05) is 13.0 Å². The third-order valence-corrected chi connectivity index (χ3v) is 2.45. The number of carbonyl (C=O) groups excluding carboxylic acids is 1. The molecule has 0 spiro atoms. The maximum atomic E-state index is 10.9. The van der Waals surface area contributed by atoms with E-state index in [1.54, 1.807) is 6.92 Å². The molecule has 0 aromatic heterocycles. The molecule has 1 rings (SSSR count). The second-order valence-corrected chi connectivity index (χ2v) is 4.98. The molecule has 0 aromatic carbocycles. The zero-order valence-electron chi connectivity index (χ0n) is 20.3. The SMILES string of the molecule is CC.CC.CC.CCC.CCC(CC1=CCCC=C1)NC(C)=O.CNC. The van der Waals surface area contributed by atoms with Crippen molar-refractivity contribution in [1.82, 2.24) is 10.6 Å². The molecule has 160 valence electrons. The Morgan fingerprint density at radius 2 is 1.42 bits per heavy atom. The monoisotopic (exact) mass is 372 g/mol. The lowest BCUT2D eigenvalue weighted by Crippen LogP contribution is -2.32. The van der Waals surface area contributed by atoms with Crippen molar-refractivity contribution in [1.29, 1.82) is 0 Å². The molecule has 1 aliphatic carbocycles. The Morgan fingerprint density at radius 1 is 1.00 bits per heavy atom. The number of amides is 1. The quantitative estimate of drug-likeness (QED) is 0.563. The predicted octanol–water partition coefficient (Wildman–Crippen LogP) is 6.90. The average molecular weight is 373 g/mol. The van der Waals surface area contributed by atoms with E-state index >= 15 is 0 Å². The van der Waals surface area contributed by atoms with E-state index in [2.05, 4.69) is 49.6 Å². The summed E-state index contributed by atoms with van der Waals surface area (Å²) in [6.45, 7) is 19.9. The maximum Gasteiger partial charge on any atom is 0.217 e. The number of allylic oxidation sites excluding steroid dienone is 3. The highest BCUT2D eigenvalue weighted by atomic mass is 16.1. The van der Waals surface area contributed by atoms with Crippen LogP contribution in [0.1, 0.15) is 101 Å². The van der Waals surface area contributed by atoms with Crippen LogP contribution in [0.4, 0.5) is 0 Å². The molecule has 0 bridgehead atoms. The third kappa shape index (κ3) is 38.5. The Morgan fingerprint density at radius 3 is 1.69 bits per heavy atom. The highest BCUT2D eigenvalue weighted by Gasteiger charge is 2.09. The van der Waals surface area contributed by atoms with E-state index in [0.29, 0.717) is 6.04 Å². The zero-order chi connectivity index (χ0) is 21.8. The van der Waals surface area contributed by atoms with Gasteiger partial charge < -0.3 is 10.6 Å². The first kappa shape index (κ1) is 35.9. The van der Waals surface area contributed by atoms with E-state index in [9.17, 15) is 4.79 Å². The molecule has 0 saturated heterocycles. The first-order valence-corrected chi connectivity index (χ1v) is 10.8. The fraction of sp³-hybridized carbons (Fsp3) is 0.783. The van der Waals surface area contributed by atoms with Crippen molar-refractivity contribution in [3.8, 4) is 0 Å². The van der Waals surface area contributed by atoms with Gasteiger partial charge in [0.1, 0.15) is 0 Å². The highest BCUT2D eigenvalue weighted by molar-refractivity contribution is 5.73. The Bertz CT molecular complexity index is 282. The first-order valence-electron chi connectivity index (χ1n) is 10.8. The fourth-order valence-electron chi connectivity index (χ4n) is 1.69. The van der Waals surface area contributed by atoms with Gasteiger partial charge in [-0.2, -0.15) is 0 Å². The Labute approximate surface area is 167 Å². The van der Waals surface area contributed by atoms with Gasteiger partial charge in [-0.1, -0.05) is 92.5 Å². The van der Waals surface area contributed by atoms with Gasteiger partial charge in [-0.25, -0.2) is 0 Å². The van der Waals surface area contributed by atoms with Gasteiger partial charge in [0.25, 0.3) is 0 Å². The second-order valence-electron chi connectivity index (χ2n) is 4.98. The molecule has 2 N–H and O–H groups in total. The van der Waals surface area contributed by atoms with Crippen LogP contribution in [0, 0.1) is 0 Å². The van der Waals surface area contributed by atoms with Crippen molar-refractivity contribution in [2.75, 3.05) is 14.1 Å². The van der Waals surface area contributed by atoms with Crippen LogP contribution in [0.15, 0.2) is 23.8 Å². The van der Waals surface area contributed by atoms with E-state index in [-0.39, 0.29) is 5.91 Å².